The molecule has 3 aliphatic heterocycles. The van der Waals surface area contributed by atoms with Crippen LogP contribution in [0.15, 0.2) is 59.2 Å². The zero-order chi connectivity index (χ0) is 21.0. The second kappa shape index (κ2) is 6.84. The maximum absolute atomic E-state index is 13.5. The predicted octanol–water partition coefficient (Wildman–Crippen LogP) is 3.35. The van der Waals surface area contributed by atoms with E-state index in [4.69, 9.17) is 9.15 Å². The standard InChI is InChI=1S/C24H26N2O4/c1-15(2)16-6-8-17(9-7-16)26-14-24-11-10-19(30-24)20(21(24)23(26)28)22(27)25(3)13-18-5-4-12-29-18/h4-12,15,19-21H,13-14H2,1-3H3/t19-,20+,21+,24-/m0/s1. The quantitative estimate of drug-likeness (QED) is 0.715. The third-order valence-corrected chi connectivity index (χ3v) is 6.61. The van der Waals surface area contributed by atoms with Crippen LogP contribution in [0.4, 0.5) is 5.69 Å². The van der Waals surface area contributed by atoms with Crippen molar-refractivity contribution in [3.63, 3.8) is 0 Å². The number of rotatable bonds is 5. The molecule has 5 rings (SSSR count). The highest BCUT2D eigenvalue weighted by molar-refractivity contribution is 6.03. The molecule has 6 heteroatoms. The third kappa shape index (κ3) is 2.82. The minimum absolute atomic E-state index is 0.0381. The van der Waals surface area contributed by atoms with Crippen molar-refractivity contribution in [3.8, 4) is 0 Å². The lowest BCUT2D eigenvalue weighted by atomic mass is 9.76. The highest BCUT2D eigenvalue weighted by Gasteiger charge is 2.67. The van der Waals surface area contributed by atoms with Crippen LogP contribution >= 0.6 is 0 Å². The Morgan fingerprint density at radius 2 is 2.03 bits per heavy atom. The van der Waals surface area contributed by atoms with Crippen molar-refractivity contribution in [2.75, 3.05) is 18.5 Å². The van der Waals surface area contributed by atoms with Gasteiger partial charge in [-0.1, -0.05) is 38.1 Å². The van der Waals surface area contributed by atoms with E-state index >= 15 is 0 Å². The van der Waals surface area contributed by atoms with Crippen molar-refractivity contribution < 1.29 is 18.7 Å². The number of hydrogen-bond donors (Lipinski definition) is 0. The van der Waals surface area contributed by atoms with Gasteiger partial charge in [-0.2, -0.15) is 0 Å². The van der Waals surface area contributed by atoms with Gasteiger partial charge in [0.05, 0.1) is 37.3 Å². The van der Waals surface area contributed by atoms with Crippen LogP contribution in [0.5, 0.6) is 0 Å². The van der Waals surface area contributed by atoms with Gasteiger partial charge in [-0.15, -0.1) is 0 Å². The van der Waals surface area contributed by atoms with Gasteiger partial charge in [0.15, 0.2) is 0 Å². The van der Waals surface area contributed by atoms with Crippen LogP contribution in [0.25, 0.3) is 0 Å². The Labute approximate surface area is 176 Å². The van der Waals surface area contributed by atoms with Crippen molar-refractivity contribution in [1.82, 2.24) is 4.90 Å². The van der Waals surface area contributed by atoms with E-state index in [0.717, 1.165) is 5.69 Å². The molecule has 4 atom stereocenters. The molecular formula is C24H26N2O4. The number of carbonyl (C=O) groups is 2. The molecule has 1 spiro atoms. The average molecular weight is 406 g/mol. The molecule has 4 heterocycles. The lowest BCUT2D eigenvalue weighted by molar-refractivity contribution is -0.139. The fraction of sp³-hybridized carbons (Fsp3) is 0.417. The molecule has 2 amide bonds. The largest absolute Gasteiger partial charge is 0.467 e. The minimum atomic E-state index is -0.718. The number of nitrogens with zero attached hydrogens (tertiary/aromatic N) is 2. The Hall–Kier alpha value is -2.86. The first-order valence-electron chi connectivity index (χ1n) is 10.5. The fourth-order valence-electron chi connectivity index (χ4n) is 5.01. The molecule has 156 valence electrons. The first kappa shape index (κ1) is 19.1. The van der Waals surface area contributed by atoms with Crippen molar-refractivity contribution in [3.05, 3.63) is 66.1 Å². The Balaban J connectivity index is 1.40. The van der Waals surface area contributed by atoms with Crippen LogP contribution < -0.4 is 4.90 Å². The monoisotopic (exact) mass is 406 g/mol. The van der Waals surface area contributed by atoms with Crippen LogP contribution in [0.3, 0.4) is 0 Å². The van der Waals surface area contributed by atoms with E-state index in [2.05, 4.69) is 26.0 Å². The van der Waals surface area contributed by atoms with Gasteiger partial charge >= 0.3 is 0 Å². The molecule has 2 fully saturated rings. The summed E-state index contributed by atoms with van der Waals surface area (Å²) >= 11 is 0. The van der Waals surface area contributed by atoms with Gasteiger partial charge in [0.25, 0.3) is 0 Å². The second-order valence-corrected chi connectivity index (χ2v) is 8.84. The van der Waals surface area contributed by atoms with Crippen molar-refractivity contribution in [2.45, 2.75) is 38.0 Å². The van der Waals surface area contributed by atoms with E-state index in [1.54, 1.807) is 29.2 Å². The van der Waals surface area contributed by atoms with E-state index in [-0.39, 0.29) is 17.9 Å². The zero-order valence-corrected chi connectivity index (χ0v) is 17.4. The number of benzene rings is 1. The molecule has 1 aromatic heterocycles. The number of fused-ring (bicyclic) bond motifs is 1. The molecule has 0 unspecified atom stereocenters. The first-order valence-corrected chi connectivity index (χ1v) is 10.5. The van der Waals surface area contributed by atoms with E-state index < -0.39 is 17.4 Å². The smallest absolute Gasteiger partial charge is 0.234 e. The van der Waals surface area contributed by atoms with E-state index in [0.29, 0.717) is 24.8 Å². The number of carbonyl (C=O) groups excluding carboxylic acids is 2. The highest BCUT2D eigenvalue weighted by Crippen LogP contribution is 2.53. The molecular weight excluding hydrogens is 380 g/mol. The summed E-state index contributed by atoms with van der Waals surface area (Å²) in [5, 5.41) is 0. The summed E-state index contributed by atoms with van der Waals surface area (Å²) in [7, 11) is 1.75. The van der Waals surface area contributed by atoms with Crippen LogP contribution in [-0.4, -0.2) is 42.0 Å². The Morgan fingerprint density at radius 3 is 2.70 bits per heavy atom. The summed E-state index contributed by atoms with van der Waals surface area (Å²) in [6, 6.07) is 11.7. The first-order chi connectivity index (χ1) is 14.4. The molecule has 30 heavy (non-hydrogen) atoms. The second-order valence-electron chi connectivity index (χ2n) is 8.84. The zero-order valence-electron chi connectivity index (χ0n) is 17.4. The van der Waals surface area contributed by atoms with E-state index in [1.165, 1.54) is 5.56 Å². The lowest BCUT2D eigenvalue weighted by Crippen LogP contribution is -2.44. The Kier molecular flexibility index (Phi) is 4.36. The van der Waals surface area contributed by atoms with E-state index in [9.17, 15) is 9.59 Å². The topological polar surface area (TPSA) is 63.0 Å². The molecule has 2 bridgehead atoms. The van der Waals surface area contributed by atoms with Gasteiger partial charge < -0.3 is 19.0 Å². The van der Waals surface area contributed by atoms with E-state index in [1.807, 2.05) is 30.4 Å². The maximum Gasteiger partial charge on any atom is 0.234 e. The van der Waals surface area contributed by atoms with Crippen molar-refractivity contribution in [2.24, 2.45) is 11.8 Å². The average Bonchev–Trinajstić information content (AvgIpc) is 3.50. The highest BCUT2D eigenvalue weighted by atomic mass is 16.5. The fourth-order valence-corrected chi connectivity index (χ4v) is 5.01. The molecule has 0 saturated carbocycles. The Morgan fingerprint density at radius 1 is 1.27 bits per heavy atom. The van der Waals surface area contributed by atoms with Gasteiger partial charge in [-0.05, 0) is 35.7 Å². The molecule has 1 aromatic carbocycles. The summed E-state index contributed by atoms with van der Waals surface area (Å²) in [6.07, 6.45) is 5.17. The summed E-state index contributed by atoms with van der Waals surface area (Å²) in [5.41, 5.74) is 1.36. The molecule has 0 radical (unpaired) electrons. The molecule has 0 N–H and O–H groups in total. The van der Waals surface area contributed by atoms with Crippen LogP contribution in [-0.2, 0) is 20.9 Å². The van der Waals surface area contributed by atoms with Gasteiger partial charge in [-0.3, -0.25) is 9.59 Å². The number of hydrogen-bond acceptors (Lipinski definition) is 4. The molecule has 3 aliphatic rings. The number of amides is 2. The lowest BCUT2D eigenvalue weighted by Gasteiger charge is -2.27. The number of ether oxygens (including phenoxy) is 1. The minimum Gasteiger partial charge on any atom is -0.467 e. The van der Waals surface area contributed by atoms with Gasteiger partial charge in [-0.25, -0.2) is 0 Å². The van der Waals surface area contributed by atoms with Crippen molar-refractivity contribution in [1.29, 1.82) is 0 Å². The third-order valence-electron chi connectivity index (χ3n) is 6.61. The van der Waals surface area contributed by atoms with Gasteiger partial charge in [0.1, 0.15) is 11.4 Å². The normalized spacial score (nSPS) is 29.1. The van der Waals surface area contributed by atoms with Gasteiger partial charge in [0.2, 0.25) is 11.8 Å². The summed E-state index contributed by atoms with van der Waals surface area (Å²) in [4.78, 5) is 30.2. The van der Waals surface area contributed by atoms with Crippen LogP contribution in [0.1, 0.15) is 31.1 Å². The molecule has 0 aliphatic carbocycles. The van der Waals surface area contributed by atoms with Crippen LogP contribution in [0.2, 0.25) is 0 Å². The predicted molar refractivity (Wildman–Crippen MR) is 112 cm³/mol. The molecule has 2 aromatic rings. The van der Waals surface area contributed by atoms with Gasteiger partial charge in [0, 0.05) is 12.7 Å². The SMILES string of the molecule is CC(C)c1ccc(N2C[C@]34C=C[C@H](O3)[C@@H](C(=O)N(C)Cc3ccco3)[C@@H]4C2=O)cc1. The molecule has 2 saturated heterocycles. The summed E-state index contributed by atoms with van der Waals surface area (Å²) in [6.45, 7) is 5.10. The summed E-state index contributed by atoms with van der Waals surface area (Å²) in [5.74, 6) is 0.0118. The number of anilines is 1. The number of furan rings is 1. The molecule has 6 nitrogen and oxygen atoms in total. The van der Waals surface area contributed by atoms with Crippen molar-refractivity contribution >= 4 is 17.5 Å². The van der Waals surface area contributed by atoms with Crippen LogP contribution in [0, 0.1) is 11.8 Å². The summed E-state index contributed by atoms with van der Waals surface area (Å²) < 4.78 is 11.6. The maximum atomic E-state index is 13.5. The Bertz CT molecular complexity index is 995.